The van der Waals surface area contributed by atoms with Crippen molar-refractivity contribution in [3.05, 3.63) is 12.7 Å². The third-order valence-electron chi connectivity index (χ3n) is 1.90. The Labute approximate surface area is 114 Å². The average molecular weight is 294 g/mol. The first-order chi connectivity index (χ1) is 8.08. The van der Waals surface area contributed by atoms with Crippen molar-refractivity contribution < 1.29 is 4.52 Å². The maximum Gasteiger partial charge on any atom is 0.211 e. The molecule has 0 rings (SSSR count). The normalized spacial score (nSPS) is 16.6. The molecule has 3 nitrogen and oxygen atoms in total. The van der Waals surface area contributed by atoms with Crippen molar-refractivity contribution in [2.75, 3.05) is 13.2 Å². The minimum atomic E-state index is -2.03. The maximum atomic E-state index is 5.79. The molecule has 0 aromatic rings. The van der Waals surface area contributed by atoms with Crippen molar-refractivity contribution in [2.45, 2.75) is 38.9 Å². The average Bonchev–Trinajstić information content (AvgIpc) is 2.32. The van der Waals surface area contributed by atoms with Gasteiger partial charge in [0, 0.05) is 5.25 Å². The number of nitrogens with one attached hydrogen (secondary N) is 1. The molecular formula is C11H23N2OPS2. The fraction of sp³-hybridized carbons (Fsp3) is 0.727. The van der Waals surface area contributed by atoms with Crippen LogP contribution < -0.4 is 5.09 Å². The van der Waals surface area contributed by atoms with Crippen LogP contribution in [0.4, 0.5) is 0 Å². The molecule has 0 radical (unpaired) electrons. The van der Waals surface area contributed by atoms with Crippen molar-refractivity contribution in [2.24, 2.45) is 4.99 Å². The lowest BCUT2D eigenvalue weighted by atomic mass is 10.4. The van der Waals surface area contributed by atoms with E-state index >= 15 is 0 Å². The molecule has 0 fully saturated rings. The van der Waals surface area contributed by atoms with Gasteiger partial charge in [0.05, 0.1) is 19.5 Å². The molecule has 0 aliphatic rings. The van der Waals surface area contributed by atoms with E-state index in [2.05, 4.69) is 37.4 Å². The SMILES string of the molecule is C=CCN=CNP(=S)(OCCC)SC(C)CC. The third kappa shape index (κ3) is 8.83. The Hall–Kier alpha value is 0.170. The molecular weight excluding hydrogens is 271 g/mol. The summed E-state index contributed by atoms with van der Waals surface area (Å²) in [5, 5.41) is 3.66. The lowest BCUT2D eigenvalue weighted by Gasteiger charge is -2.23. The van der Waals surface area contributed by atoms with Gasteiger partial charge in [-0.3, -0.25) is 4.99 Å². The number of hydrogen-bond donors (Lipinski definition) is 1. The summed E-state index contributed by atoms with van der Waals surface area (Å²) < 4.78 is 5.79. The smallest absolute Gasteiger partial charge is 0.211 e. The lowest BCUT2D eigenvalue weighted by molar-refractivity contribution is 0.356. The second kappa shape index (κ2) is 10.1. The van der Waals surface area contributed by atoms with Crippen LogP contribution >= 0.6 is 17.0 Å². The molecule has 100 valence electrons. The van der Waals surface area contributed by atoms with Gasteiger partial charge in [-0.15, -0.1) is 6.58 Å². The van der Waals surface area contributed by atoms with Crippen LogP contribution in [0.1, 0.15) is 33.6 Å². The fourth-order valence-corrected chi connectivity index (χ4v) is 6.61. The Morgan fingerprint density at radius 2 is 2.29 bits per heavy atom. The van der Waals surface area contributed by atoms with Gasteiger partial charge < -0.3 is 9.61 Å². The molecule has 0 spiro atoms. The Kier molecular flexibility index (Phi) is 10.2. The van der Waals surface area contributed by atoms with E-state index in [1.54, 1.807) is 23.8 Å². The predicted molar refractivity (Wildman–Crippen MR) is 84.6 cm³/mol. The van der Waals surface area contributed by atoms with E-state index in [0.717, 1.165) is 12.8 Å². The molecule has 6 heteroatoms. The number of aliphatic imine (C=N–C) groups is 1. The summed E-state index contributed by atoms with van der Waals surface area (Å²) in [5.41, 5.74) is -2.03. The van der Waals surface area contributed by atoms with Gasteiger partial charge in [-0.1, -0.05) is 38.2 Å². The molecule has 0 aliphatic carbocycles. The van der Waals surface area contributed by atoms with Crippen LogP contribution in [0.5, 0.6) is 0 Å². The topological polar surface area (TPSA) is 33.6 Å². The first-order valence-corrected chi connectivity index (χ1v) is 10.1. The van der Waals surface area contributed by atoms with Crippen molar-refractivity contribution >= 4 is 35.1 Å². The van der Waals surface area contributed by atoms with Crippen LogP contribution in [0.25, 0.3) is 0 Å². The summed E-state index contributed by atoms with van der Waals surface area (Å²) in [6.07, 6.45) is 5.47. The monoisotopic (exact) mass is 294 g/mol. The van der Waals surface area contributed by atoms with Gasteiger partial charge in [0.2, 0.25) is 5.62 Å². The standard InChI is InChI=1S/C11H23N2OPS2/c1-5-8-12-10-13-15(16,14-9-6-2)17-11(4)7-3/h5,10-11H,1,6-9H2,2-4H3,(H,12,13,16). The second-order valence-corrected chi connectivity index (χ2v) is 10.5. The Morgan fingerprint density at radius 3 is 2.82 bits per heavy atom. The van der Waals surface area contributed by atoms with E-state index in [0.29, 0.717) is 18.4 Å². The third-order valence-corrected chi connectivity index (χ3v) is 7.78. The summed E-state index contributed by atoms with van der Waals surface area (Å²) in [7, 11) is 0. The van der Waals surface area contributed by atoms with Crippen molar-refractivity contribution in [1.82, 2.24) is 5.09 Å². The summed E-state index contributed by atoms with van der Waals surface area (Å²) in [6.45, 7) is 11.3. The van der Waals surface area contributed by atoms with Crippen molar-refractivity contribution in [3.63, 3.8) is 0 Å². The van der Waals surface area contributed by atoms with E-state index in [1.165, 1.54) is 0 Å². The zero-order chi connectivity index (χ0) is 13.1. The van der Waals surface area contributed by atoms with Gasteiger partial charge in [-0.2, -0.15) is 0 Å². The first kappa shape index (κ1) is 17.2. The van der Waals surface area contributed by atoms with Crippen LogP contribution in [0.2, 0.25) is 0 Å². The van der Waals surface area contributed by atoms with Gasteiger partial charge in [-0.05, 0) is 24.6 Å². The molecule has 0 heterocycles. The molecule has 0 aromatic heterocycles. The van der Waals surface area contributed by atoms with E-state index in [-0.39, 0.29) is 0 Å². The van der Waals surface area contributed by atoms with Gasteiger partial charge in [-0.25, -0.2) is 0 Å². The summed E-state index contributed by atoms with van der Waals surface area (Å²) >= 11 is 7.30. The van der Waals surface area contributed by atoms with E-state index in [4.69, 9.17) is 16.3 Å². The molecule has 2 unspecified atom stereocenters. The quantitative estimate of drug-likeness (QED) is 0.286. The fourth-order valence-electron chi connectivity index (χ4n) is 0.860. The highest BCUT2D eigenvalue weighted by molar-refractivity contribution is 8.69. The molecule has 17 heavy (non-hydrogen) atoms. The first-order valence-electron chi connectivity index (χ1n) is 5.88. The van der Waals surface area contributed by atoms with Crippen LogP contribution in [0.15, 0.2) is 17.6 Å². The number of hydrogen-bond acceptors (Lipinski definition) is 4. The van der Waals surface area contributed by atoms with Crippen molar-refractivity contribution in [1.29, 1.82) is 0 Å². The van der Waals surface area contributed by atoms with Gasteiger partial charge in [0.15, 0.2) is 0 Å². The van der Waals surface area contributed by atoms with Gasteiger partial charge in [0.25, 0.3) is 0 Å². The zero-order valence-corrected chi connectivity index (χ0v) is 13.4. The molecule has 0 aliphatic heterocycles. The van der Waals surface area contributed by atoms with Crippen LogP contribution in [0.3, 0.4) is 0 Å². The second-order valence-electron chi connectivity index (χ2n) is 3.57. The molecule has 1 N–H and O–H groups in total. The van der Waals surface area contributed by atoms with Crippen molar-refractivity contribution in [3.8, 4) is 0 Å². The largest absolute Gasteiger partial charge is 0.326 e. The van der Waals surface area contributed by atoms with Gasteiger partial charge >= 0.3 is 0 Å². The number of nitrogens with zero attached hydrogens (tertiary/aromatic N) is 1. The summed E-state index contributed by atoms with van der Waals surface area (Å²) in [4.78, 5) is 4.13. The minimum absolute atomic E-state index is 0.498. The summed E-state index contributed by atoms with van der Waals surface area (Å²) in [5.74, 6) is 0. The molecule has 0 saturated carbocycles. The Balaban J connectivity index is 4.37. The highest BCUT2D eigenvalue weighted by atomic mass is 32.9. The molecule has 0 amide bonds. The molecule has 0 aromatic carbocycles. The van der Waals surface area contributed by atoms with Crippen LogP contribution in [-0.2, 0) is 16.3 Å². The number of rotatable bonds is 10. The highest BCUT2D eigenvalue weighted by Crippen LogP contribution is 2.58. The molecule has 0 saturated heterocycles. The lowest BCUT2D eigenvalue weighted by Crippen LogP contribution is -2.11. The predicted octanol–water partition coefficient (Wildman–Crippen LogP) is 3.97. The molecule has 2 atom stereocenters. The Bertz CT molecular complexity index is 285. The zero-order valence-electron chi connectivity index (χ0n) is 10.9. The van der Waals surface area contributed by atoms with Crippen LogP contribution in [0, 0.1) is 0 Å². The Morgan fingerprint density at radius 1 is 1.59 bits per heavy atom. The highest BCUT2D eigenvalue weighted by Gasteiger charge is 2.20. The van der Waals surface area contributed by atoms with Gasteiger partial charge in [0.1, 0.15) is 0 Å². The maximum absolute atomic E-state index is 5.79. The van der Waals surface area contributed by atoms with E-state index in [9.17, 15) is 0 Å². The van der Waals surface area contributed by atoms with E-state index in [1.807, 2.05) is 0 Å². The summed E-state index contributed by atoms with van der Waals surface area (Å²) in [6, 6.07) is 0. The van der Waals surface area contributed by atoms with Crippen LogP contribution in [-0.4, -0.2) is 24.7 Å². The van der Waals surface area contributed by atoms with E-state index < -0.39 is 5.62 Å². The minimum Gasteiger partial charge on any atom is -0.326 e. The molecule has 0 bridgehead atoms.